The van der Waals surface area contributed by atoms with Gasteiger partial charge in [-0.05, 0) is 36.4 Å². The average molecular weight is 475 g/mol. The van der Waals surface area contributed by atoms with E-state index in [2.05, 4.69) is 20.9 Å². The van der Waals surface area contributed by atoms with E-state index in [9.17, 15) is 9.59 Å². The Bertz CT molecular complexity index is 1570. The molecule has 0 atom stereocenters. The Labute approximate surface area is 184 Å². The molecule has 6 nitrogen and oxygen atoms in total. The molecule has 2 heterocycles. The van der Waals surface area contributed by atoms with E-state index in [4.69, 9.17) is 9.15 Å². The largest absolute Gasteiger partial charge is 0.497 e. The Morgan fingerprint density at radius 3 is 2.52 bits per heavy atom. The predicted octanol–water partition coefficient (Wildman–Crippen LogP) is 4.93. The monoisotopic (exact) mass is 474 g/mol. The van der Waals surface area contributed by atoms with Crippen LogP contribution in [0.25, 0.3) is 39.1 Å². The SMILES string of the molecule is COc1ccc2c(=O)c3c(=O)n(-c4ccccc4)c(-c4cccc(Br)c4)nc3oc2c1. The highest BCUT2D eigenvalue weighted by Gasteiger charge is 2.20. The lowest BCUT2D eigenvalue weighted by Gasteiger charge is -2.14. The van der Waals surface area contributed by atoms with Crippen LogP contribution >= 0.6 is 15.9 Å². The summed E-state index contributed by atoms with van der Waals surface area (Å²) >= 11 is 3.47. The molecule has 0 bridgehead atoms. The molecule has 0 amide bonds. The zero-order chi connectivity index (χ0) is 21.5. The molecular weight excluding hydrogens is 460 g/mol. The van der Waals surface area contributed by atoms with Gasteiger partial charge in [0, 0.05) is 16.1 Å². The second-order valence-electron chi connectivity index (χ2n) is 6.90. The fourth-order valence-electron chi connectivity index (χ4n) is 3.55. The number of rotatable bonds is 3. The van der Waals surface area contributed by atoms with E-state index < -0.39 is 11.0 Å². The van der Waals surface area contributed by atoms with Crippen LogP contribution in [0.5, 0.6) is 5.75 Å². The highest BCUT2D eigenvalue weighted by Crippen LogP contribution is 2.26. The maximum Gasteiger partial charge on any atom is 0.273 e. The van der Waals surface area contributed by atoms with Crippen LogP contribution in [0, 0.1) is 0 Å². The smallest absolute Gasteiger partial charge is 0.273 e. The van der Waals surface area contributed by atoms with E-state index in [0.29, 0.717) is 33.8 Å². The third-order valence-electron chi connectivity index (χ3n) is 5.01. The molecule has 0 aliphatic carbocycles. The molecular formula is C24H15BrN2O4. The van der Waals surface area contributed by atoms with Gasteiger partial charge in [-0.1, -0.05) is 46.3 Å². The van der Waals surface area contributed by atoms with Gasteiger partial charge in [0.25, 0.3) is 5.56 Å². The molecule has 0 aliphatic heterocycles. The standard InChI is InChI=1S/C24H15BrN2O4/c1-30-17-10-11-18-19(13-17)31-23-20(21(18)28)24(29)27(16-8-3-2-4-9-16)22(26-23)14-6-5-7-15(25)12-14/h2-13H,1H3. The van der Waals surface area contributed by atoms with Gasteiger partial charge in [-0.25, -0.2) is 0 Å². The Balaban J connectivity index is 1.95. The first-order chi connectivity index (χ1) is 15.1. The fourth-order valence-corrected chi connectivity index (χ4v) is 3.95. The molecule has 3 aromatic carbocycles. The van der Waals surface area contributed by atoms with Crippen molar-refractivity contribution in [2.45, 2.75) is 0 Å². The van der Waals surface area contributed by atoms with Crippen molar-refractivity contribution in [2.24, 2.45) is 0 Å². The number of halogens is 1. The van der Waals surface area contributed by atoms with Crippen molar-refractivity contribution in [3.8, 4) is 22.8 Å². The molecule has 0 unspecified atom stereocenters. The van der Waals surface area contributed by atoms with Crippen LogP contribution in [0.3, 0.4) is 0 Å². The number of fused-ring (bicyclic) bond motifs is 2. The van der Waals surface area contributed by atoms with Crippen molar-refractivity contribution in [1.29, 1.82) is 0 Å². The second-order valence-corrected chi connectivity index (χ2v) is 7.81. The van der Waals surface area contributed by atoms with Gasteiger partial charge >= 0.3 is 0 Å². The van der Waals surface area contributed by atoms with Crippen molar-refractivity contribution in [3.05, 3.63) is 97.8 Å². The molecule has 0 saturated carbocycles. The van der Waals surface area contributed by atoms with Crippen molar-refractivity contribution in [3.63, 3.8) is 0 Å². The van der Waals surface area contributed by atoms with Crippen LogP contribution < -0.4 is 15.7 Å². The van der Waals surface area contributed by atoms with Gasteiger partial charge in [-0.15, -0.1) is 0 Å². The zero-order valence-corrected chi connectivity index (χ0v) is 17.9. The summed E-state index contributed by atoms with van der Waals surface area (Å²) in [5.74, 6) is 0.912. The molecule has 0 aliphatic rings. The minimum absolute atomic E-state index is 0.0158. The minimum atomic E-state index is -0.488. The van der Waals surface area contributed by atoms with Gasteiger partial charge < -0.3 is 9.15 Å². The molecule has 152 valence electrons. The van der Waals surface area contributed by atoms with E-state index in [1.54, 1.807) is 30.3 Å². The van der Waals surface area contributed by atoms with Crippen LogP contribution in [-0.2, 0) is 0 Å². The lowest BCUT2D eigenvalue weighted by atomic mass is 10.1. The summed E-state index contributed by atoms with van der Waals surface area (Å²) in [5.41, 5.74) is 0.676. The van der Waals surface area contributed by atoms with Crippen LogP contribution in [0.4, 0.5) is 0 Å². The Morgan fingerprint density at radius 2 is 1.77 bits per heavy atom. The van der Waals surface area contributed by atoms with Gasteiger partial charge in [0.15, 0.2) is 11.2 Å². The molecule has 0 radical (unpaired) electrons. The van der Waals surface area contributed by atoms with Crippen LogP contribution in [-0.4, -0.2) is 16.7 Å². The van der Waals surface area contributed by atoms with Crippen molar-refractivity contribution in [1.82, 2.24) is 9.55 Å². The maximum atomic E-state index is 13.6. The van der Waals surface area contributed by atoms with Crippen molar-refractivity contribution >= 4 is 38.0 Å². The van der Waals surface area contributed by atoms with E-state index >= 15 is 0 Å². The Hall–Kier alpha value is -3.71. The molecule has 0 spiro atoms. The van der Waals surface area contributed by atoms with Gasteiger partial charge in [0.1, 0.15) is 11.3 Å². The van der Waals surface area contributed by atoms with E-state index in [1.165, 1.54) is 11.7 Å². The van der Waals surface area contributed by atoms with Crippen LogP contribution in [0.2, 0.25) is 0 Å². The highest BCUT2D eigenvalue weighted by molar-refractivity contribution is 9.10. The van der Waals surface area contributed by atoms with Gasteiger partial charge in [-0.2, -0.15) is 4.98 Å². The normalized spacial score (nSPS) is 11.2. The summed E-state index contributed by atoms with van der Waals surface area (Å²) in [7, 11) is 1.53. The zero-order valence-electron chi connectivity index (χ0n) is 16.3. The Kier molecular flexibility index (Phi) is 4.67. The lowest BCUT2D eigenvalue weighted by molar-refractivity contribution is 0.414. The maximum absolute atomic E-state index is 13.6. The summed E-state index contributed by atoms with van der Waals surface area (Å²) in [6.45, 7) is 0. The van der Waals surface area contributed by atoms with E-state index in [1.807, 2.05) is 42.5 Å². The molecule has 0 N–H and O–H groups in total. The number of hydrogen-bond acceptors (Lipinski definition) is 5. The second kappa shape index (κ2) is 7.52. The number of ether oxygens (including phenoxy) is 1. The Morgan fingerprint density at radius 1 is 0.968 bits per heavy atom. The van der Waals surface area contributed by atoms with Gasteiger partial charge in [-0.3, -0.25) is 14.2 Å². The summed E-state index contributed by atoms with van der Waals surface area (Å²) in [6, 6.07) is 21.4. The number of methoxy groups -OCH3 is 1. The quantitative estimate of drug-likeness (QED) is 0.346. The first kappa shape index (κ1) is 19.3. The number of aromatic nitrogens is 2. The third-order valence-corrected chi connectivity index (χ3v) is 5.51. The summed E-state index contributed by atoms with van der Waals surface area (Å²) in [4.78, 5) is 31.5. The van der Waals surface area contributed by atoms with Crippen LogP contribution in [0.1, 0.15) is 0 Å². The van der Waals surface area contributed by atoms with Crippen LogP contribution in [0.15, 0.2) is 91.3 Å². The van der Waals surface area contributed by atoms with E-state index in [0.717, 1.165) is 4.47 Å². The number of hydrogen-bond donors (Lipinski definition) is 0. The number of para-hydroxylation sites is 1. The van der Waals surface area contributed by atoms with Crippen molar-refractivity contribution < 1.29 is 9.15 Å². The summed E-state index contributed by atoms with van der Waals surface area (Å²) < 4.78 is 13.4. The molecule has 7 heteroatoms. The predicted molar refractivity (Wildman–Crippen MR) is 123 cm³/mol. The molecule has 0 saturated heterocycles. The van der Waals surface area contributed by atoms with Gasteiger partial charge in [0.05, 0.1) is 18.2 Å². The molecule has 5 aromatic rings. The summed E-state index contributed by atoms with van der Waals surface area (Å²) in [5, 5.41) is 0.197. The van der Waals surface area contributed by atoms with E-state index in [-0.39, 0.29) is 11.1 Å². The lowest BCUT2D eigenvalue weighted by Crippen LogP contribution is -2.26. The average Bonchev–Trinajstić information content (AvgIpc) is 2.79. The summed E-state index contributed by atoms with van der Waals surface area (Å²) in [6.07, 6.45) is 0. The third kappa shape index (κ3) is 3.23. The first-order valence-electron chi connectivity index (χ1n) is 9.46. The first-order valence-corrected chi connectivity index (χ1v) is 10.2. The van der Waals surface area contributed by atoms with Gasteiger partial charge in [0.2, 0.25) is 11.1 Å². The topological polar surface area (TPSA) is 74.3 Å². The number of benzene rings is 3. The molecule has 31 heavy (non-hydrogen) atoms. The fraction of sp³-hybridized carbons (Fsp3) is 0.0417. The number of nitrogens with zero attached hydrogens (tertiary/aromatic N) is 2. The molecule has 5 rings (SSSR count). The molecule has 2 aromatic heterocycles. The minimum Gasteiger partial charge on any atom is -0.497 e. The van der Waals surface area contributed by atoms with Crippen molar-refractivity contribution in [2.75, 3.05) is 7.11 Å². The highest BCUT2D eigenvalue weighted by atomic mass is 79.9. The molecule has 0 fully saturated rings.